The largest absolute Gasteiger partial charge is 0.495 e. The van der Waals surface area contributed by atoms with Crippen molar-refractivity contribution in [3.63, 3.8) is 0 Å². The lowest BCUT2D eigenvalue weighted by atomic mass is 10.0. The molecule has 0 unspecified atom stereocenters. The Kier molecular flexibility index (Phi) is 8.10. The van der Waals surface area contributed by atoms with Gasteiger partial charge in [0.15, 0.2) is 11.4 Å². The van der Waals surface area contributed by atoms with Gasteiger partial charge in [-0.05, 0) is 61.6 Å². The quantitative estimate of drug-likeness (QED) is 0.160. The molecule has 1 aliphatic carbocycles. The third kappa shape index (κ3) is 5.58. The number of anilines is 2. The second-order valence-electron chi connectivity index (χ2n) is 10.3. The molecule has 1 aliphatic rings. The Hall–Kier alpha value is -4.34. The lowest BCUT2D eigenvalue weighted by molar-refractivity contribution is -0.114. The van der Waals surface area contributed by atoms with E-state index in [0.717, 1.165) is 29.5 Å². The number of hydrogen-bond donors (Lipinski definition) is 1. The summed E-state index contributed by atoms with van der Waals surface area (Å²) < 4.78 is 19.0. The number of benzene rings is 2. The van der Waals surface area contributed by atoms with Gasteiger partial charge in [-0.25, -0.2) is 9.97 Å². The number of methoxy groups -OCH3 is 2. The van der Waals surface area contributed by atoms with Crippen molar-refractivity contribution >= 4 is 57.3 Å². The van der Waals surface area contributed by atoms with Crippen molar-refractivity contribution in [3.05, 3.63) is 77.2 Å². The lowest BCUT2D eigenvalue weighted by Crippen LogP contribution is -2.12. The first kappa shape index (κ1) is 28.8. The molecule has 3 heterocycles. The van der Waals surface area contributed by atoms with E-state index in [1.807, 2.05) is 28.7 Å². The van der Waals surface area contributed by atoms with E-state index in [1.54, 1.807) is 24.7 Å². The minimum Gasteiger partial charge on any atom is -0.495 e. The van der Waals surface area contributed by atoms with Gasteiger partial charge in [-0.3, -0.25) is 9.20 Å². The van der Waals surface area contributed by atoms with Crippen molar-refractivity contribution in [1.82, 2.24) is 19.4 Å². The topological polar surface area (TPSA) is 99.9 Å². The number of allylic oxidation sites excluding steroid dienone is 1. The van der Waals surface area contributed by atoms with Crippen LogP contribution in [0, 0.1) is 0 Å². The number of ether oxygens (including phenoxy) is 3. The average Bonchev–Trinajstić information content (AvgIpc) is 3.72. The molecule has 1 N–H and O–H groups in total. The van der Waals surface area contributed by atoms with Crippen LogP contribution < -0.4 is 19.5 Å². The number of halogens is 2. The second-order valence-corrected chi connectivity index (χ2v) is 11.0. The first-order valence-corrected chi connectivity index (χ1v) is 14.6. The maximum Gasteiger partial charge on any atom is 0.229 e. The molecule has 0 saturated heterocycles. The Morgan fingerprint density at radius 3 is 2.51 bits per heavy atom. The predicted molar refractivity (Wildman–Crippen MR) is 168 cm³/mol. The number of nitrogens with one attached hydrogen (secondary N) is 1. The van der Waals surface area contributed by atoms with Crippen LogP contribution in [0.5, 0.6) is 17.2 Å². The monoisotopic (exact) mass is 617 g/mol. The van der Waals surface area contributed by atoms with E-state index < -0.39 is 0 Å². The molecule has 0 spiro atoms. The molecule has 0 amide bonds. The van der Waals surface area contributed by atoms with Crippen LogP contribution in [0.15, 0.2) is 61.6 Å². The number of imidazole rings is 1. The Balaban J connectivity index is 1.40. The predicted octanol–water partition coefficient (Wildman–Crippen LogP) is 7.63. The fourth-order valence-corrected chi connectivity index (χ4v) is 6.13. The number of fused-ring (bicyclic) bond motifs is 3. The maximum atomic E-state index is 12.3. The summed E-state index contributed by atoms with van der Waals surface area (Å²) in [5.41, 5.74) is 3.85. The molecular formula is C32H29Cl2N5O4. The van der Waals surface area contributed by atoms with Crippen LogP contribution in [0.1, 0.15) is 31.2 Å². The fourth-order valence-electron chi connectivity index (χ4n) is 5.43. The van der Waals surface area contributed by atoms with Gasteiger partial charge in [-0.15, -0.1) is 0 Å². The first-order chi connectivity index (χ1) is 20.9. The Labute approximate surface area is 258 Å². The van der Waals surface area contributed by atoms with Crippen LogP contribution in [-0.4, -0.2) is 45.5 Å². The SMILES string of the molecule is C=CC(=O)Cc1cc(OC2CCCC2)ccc1Nc1ncc2cc(-c3c(Cl)c(OC)cc(OC)c3Cl)c3nccn3c2n1. The number of pyridine rings is 1. The minimum absolute atomic E-state index is 0.0976. The highest BCUT2D eigenvalue weighted by Crippen LogP contribution is 2.47. The second kappa shape index (κ2) is 12.1. The van der Waals surface area contributed by atoms with E-state index in [4.69, 9.17) is 42.4 Å². The highest BCUT2D eigenvalue weighted by Gasteiger charge is 2.23. The first-order valence-electron chi connectivity index (χ1n) is 13.8. The highest BCUT2D eigenvalue weighted by molar-refractivity contribution is 6.41. The zero-order chi connectivity index (χ0) is 30.1. The van der Waals surface area contributed by atoms with E-state index in [1.165, 1.54) is 33.1 Å². The number of carbonyl (C=O) groups is 1. The van der Waals surface area contributed by atoms with Crippen molar-refractivity contribution in [2.75, 3.05) is 19.5 Å². The normalized spacial score (nSPS) is 13.4. The van der Waals surface area contributed by atoms with Crippen LogP contribution in [0.25, 0.3) is 27.8 Å². The minimum atomic E-state index is -0.0976. The number of nitrogens with zero attached hydrogens (tertiary/aromatic N) is 4. The number of carbonyl (C=O) groups excluding carboxylic acids is 1. The molecule has 0 atom stereocenters. The lowest BCUT2D eigenvalue weighted by Gasteiger charge is -2.17. The van der Waals surface area contributed by atoms with Gasteiger partial charge in [0, 0.05) is 53.3 Å². The molecule has 9 nitrogen and oxygen atoms in total. The van der Waals surface area contributed by atoms with E-state index in [-0.39, 0.29) is 18.3 Å². The molecule has 43 heavy (non-hydrogen) atoms. The molecule has 2 aromatic carbocycles. The summed E-state index contributed by atoms with van der Waals surface area (Å²) in [5, 5.41) is 4.68. The van der Waals surface area contributed by atoms with Crippen LogP contribution in [-0.2, 0) is 11.2 Å². The van der Waals surface area contributed by atoms with Gasteiger partial charge in [0.25, 0.3) is 0 Å². The molecule has 0 aliphatic heterocycles. The summed E-state index contributed by atoms with van der Waals surface area (Å²) in [4.78, 5) is 26.3. The standard InChI is InChI=1S/C32H29Cl2N5O4/c1-4-20(40)13-18-14-22(43-21-7-5-6-8-21)9-10-24(18)37-32-36-17-19-15-23(31-35-11-12-39(31)30(19)38-32)27-28(33)25(41-2)16-26(42-3)29(27)34/h4,9-12,14-17,21H,1,5-8,13H2,2-3H3,(H,36,37,38). The Morgan fingerprint density at radius 1 is 1.07 bits per heavy atom. The van der Waals surface area contributed by atoms with Gasteiger partial charge in [0.1, 0.15) is 22.9 Å². The van der Waals surface area contributed by atoms with Crippen molar-refractivity contribution in [2.45, 2.75) is 38.2 Å². The van der Waals surface area contributed by atoms with Crippen LogP contribution in [0.2, 0.25) is 10.0 Å². The molecule has 1 fully saturated rings. The summed E-state index contributed by atoms with van der Waals surface area (Å²) in [7, 11) is 3.06. The summed E-state index contributed by atoms with van der Waals surface area (Å²) in [5.74, 6) is 1.83. The van der Waals surface area contributed by atoms with Crippen molar-refractivity contribution in [3.8, 4) is 28.4 Å². The zero-order valence-electron chi connectivity index (χ0n) is 23.7. The molecule has 0 radical (unpaired) electrons. The zero-order valence-corrected chi connectivity index (χ0v) is 25.2. The van der Waals surface area contributed by atoms with Gasteiger partial charge in [-0.2, -0.15) is 4.98 Å². The van der Waals surface area contributed by atoms with E-state index in [9.17, 15) is 4.79 Å². The molecule has 6 rings (SSSR count). The van der Waals surface area contributed by atoms with Crippen LogP contribution in [0.3, 0.4) is 0 Å². The summed E-state index contributed by atoms with van der Waals surface area (Å²) >= 11 is 13.5. The maximum absolute atomic E-state index is 12.3. The molecule has 5 aromatic rings. The van der Waals surface area contributed by atoms with E-state index >= 15 is 0 Å². The number of hydrogen-bond acceptors (Lipinski definition) is 8. The van der Waals surface area contributed by atoms with Crippen LogP contribution >= 0.6 is 23.2 Å². The van der Waals surface area contributed by atoms with Crippen molar-refractivity contribution in [2.24, 2.45) is 0 Å². The summed E-state index contributed by atoms with van der Waals surface area (Å²) in [6, 6.07) is 9.22. The van der Waals surface area contributed by atoms with Crippen molar-refractivity contribution < 1.29 is 19.0 Å². The molecule has 220 valence electrons. The van der Waals surface area contributed by atoms with Crippen molar-refractivity contribution in [1.29, 1.82) is 0 Å². The number of rotatable bonds is 10. The Morgan fingerprint density at radius 2 is 1.81 bits per heavy atom. The molecule has 1 saturated carbocycles. The van der Waals surface area contributed by atoms with Gasteiger partial charge in [0.05, 0.1) is 30.4 Å². The summed E-state index contributed by atoms with van der Waals surface area (Å²) in [6.07, 6.45) is 11.3. The summed E-state index contributed by atoms with van der Waals surface area (Å²) in [6.45, 7) is 3.63. The molecule has 11 heteroatoms. The highest BCUT2D eigenvalue weighted by atomic mass is 35.5. The smallest absolute Gasteiger partial charge is 0.229 e. The fraction of sp³-hybridized carbons (Fsp3) is 0.250. The van der Waals surface area contributed by atoms with Gasteiger partial charge in [-0.1, -0.05) is 29.8 Å². The van der Waals surface area contributed by atoms with Gasteiger partial charge >= 0.3 is 0 Å². The van der Waals surface area contributed by atoms with E-state index in [2.05, 4.69) is 21.9 Å². The average molecular weight is 619 g/mol. The molecule has 0 bridgehead atoms. The third-order valence-electron chi connectivity index (χ3n) is 7.57. The number of ketones is 1. The third-order valence-corrected chi connectivity index (χ3v) is 8.32. The van der Waals surface area contributed by atoms with E-state index in [0.29, 0.717) is 55.6 Å². The van der Waals surface area contributed by atoms with Crippen LogP contribution in [0.4, 0.5) is 11.6 Å². The molecular weight excluding hydrogens is 589 g/mol. The molecule has 3 aromatic heterocycles. The number of aromatic nitrogens is 4. The van der Waals surface area contributed by atoms with Gasteiger partial charge in [0.2, 0.25) is 5.95 Å². The Bertz CT molecular complexity index is 1840. The van der Waals surface area contributed by atoms with Gasteiger partial charge < -0.3 is 19.5 Å².